The molecule has 0 aliphatic heterocycles. The van der Waals surface area contributed by atoms with Crippen molar-refractivity contribution < 1.29 is 9.32 Å². The molecule has 3 rings (SSSR count). The van der Waals surface area contributed by atoms with E-state index in [1.807, 2.05) is 24.3 Å². The molecular formula is C11H9N5O2. The standard InChI is InChI=1S/C11H9N5O2/c17-11(12-5-9-13-6-18-16-9)10-7-3-1-2-4-8(7)14-15-10/h1-4,6H,5H2,(H,12,17)(H,14,15). The van der Waals surface area contributed by atoms with E-state index in [-0.39, 0.29) is 12.5 Å². The van der Waals surface area contributed by atoms with Gasteiger partial charge < -0.3 is 9.84 Å². The predicted molar refractivity (Wildman–Crippen MR) is 61.6 cm³/mol. The van der Waals surface area contributed by atoms with E-state index in [1.54, 1.807) is 0 Å². The monoisotopic (exact) mass is 243 g/mol. The van der Waals surface area contributed by atoms with Crippen molar-refractivity contribution >= 4 is 16.8 Å². The molecule has 2 aromatic heterocycles. The van der Waals surface area contributed by atoms with E-state index >= 15 is 0 Å². The number of nitrogens with one attached hydrogen (secondary N) is 2. The lowest BCUT2D eigenvalue weighted by Gasteiger charge is -1.99. The molecule has 18 heavy (non-hydrogen) atoms. The van der Waals surface area contributed by atoms with E-state index in [0.29, 0.717) is 11.5 Å². The summed E-state index contributed by atoms with van der Waals surface area (Å²) < 4.78 is 4.57. The molecule has 0 spiro atoms. The zero-order chi connectivity index (χ0) is 12.4. The Hall–Kier alpha value is -2.70. The summed E-state index contributed by atoms with van der Waals surface area (Å²) in [7, 11) is 0. The quantitative estimate of drug-likeness (QED) is 0.711. The Morgan fingerprint density at radius 1 is 1.39 bits per heavy atom. The lowest BCUT2D eigenvalue weighted by atomic mass is 10.2. The van der Waals surface area contributed by atoms with E-state index in [0.717, 1.165) is 10.9 Å². The fraction of sp³-hybridized carbons (Fsp3) is 0.0909. The number of carbonyl (C=O) groups excluding carboxylic acids is 1. The van der Waals surface area contributed by atoms with Gasteiger partial charge >= 0.3 is 0 Å². The van der Waals surface area contributed by atoms with Gasteiger partial charge in [-0.2, -0.15) is 10.1 Å². The maximum Gasteiger partial charge on any atom is 0.272 e. The maximum absolute atomic E-state index is 11.9. The van der Waals surface area contributed by atoms with E-state index in [9.17, 15) is 4.79 Å². The predicted octanol–water partition coefficient (Wildman–Crippen LogP) is 0.876. The van der Waals surface area contributed by atoms with Crippen LogP contribution < -0.4 is 5.32 Å². The van der Waals surface area contributed by atoms with Crippen LogP contribution in [0.3, 0.4) is 0 Å². The molecule has 0 saturated heterocycles. The molecule has 0 unspecified atom stereocenters. The summed E-state index contributed by atoms with van der Waals surface area (Å²) in [6, 6.07) is 7.43. The Balaban J connectivity index is 1.80. The second-order valence-electron chi connectivity index (χ2n) is 3.65. The first-order chi connectivity index (χ1) is 8.84. The van der Waals surface area contributed by atoms with Gasteiger partial charge in [0.2, 0.25) is 6.39 Å². The number of benzene rings is 1. The van der Waals surface area contributed by atoms with Gasteiger partial charge in [0.05, 0.1) is 12.1 Å². The third kappa shape index (κ3) is 1.81. The fourth-order valence-corrected chi connectivity index (χ4v) is 1.65. The number of para-hydroxylation sites is 1. The molecule has 2 heterocycles. The molecule has 0 aliphatic rings. The molecule has 0 saturated carbocycles. The Bertz CT molecular complexity index is 674. The average Bonchev–Trinajstić information content (AvgIpc) is 3.05. The zero-order valence-electron chi connectivity index (χ0n) is 9.25. The lowest BCUT2D eigenvalue weighted by Crippen LogP contribution is -2.23. The number of aromatic nitrogens is 4. The summed E-state index contributed by atoms with van der Waals surface area (Å²) in [5.41, 5.74) is 1.18. The number of amides is 1. The topological polar surface area (TPSA) is 96.7 Å². The number of carbonyl (C=O) groups is 1. The van der Waals surface area contributed by atoms with Crippen LogP contribution in [-0.2, 0) is 6.54 Å². The number of H-pyrrole nitrogens is 1. The van der Waals surface area contributed by atoms with Crippen LogP contribution in [-0.4, -0.2) is 26.2 Å². The van der Waals surface area contributed by atoms with Gasteiger partial charge in [-0.05, 0) is 6.07 Å². The van der Waals surface area contributed by atoms with Crippen LogP contribution in [0.15, 0.2) is 35.2 Å². The first-order valence-corrected chi connectivity index (χ1v) is 5.31. The largest absolute Gasteiger partial charge is 0.343 e. The van der Waals surface area contributed by atoms with Crippen molar-refractivity contribution in [1.82, 2.24) is 25.7 Å². The van der Waals surface area contributed by atoms with Crippen molar-refractivity contribution in [2.24, 2.45) is 0 Å². The summed E-state index contributed by atoms with van der Waals surface area (Å²) in [5, 5.41) is 13.9. The molecule has 7 heteroatoms. The Morgan fingerprint density at radius 3 is 3.11 bits per heavy atom. The van der Waals surface area contributed by atoms with Crippen molar-refractivity contribution in [3.8, 4) is 0 Å². The van der Waals surface area contributed by atoms with E-state index in [4.69, 9.17) is 0 Å². The maximum atomic E-state index is 11.9. The number of rotatable bonds is 3. The van der Waals surface area contributed by atoms with Crippen LogP contribution in [0.4, 0.5) is 0 Å². The SMILES string of the molecule is O=C(NCc1ncon1)c1n[nH]c2ccccc12. The Morgan fingerprint density at radius 2 is 2.28 bits per heavy atom. The van der Waals surface area contributed by atoms with Crippen LogP contribution >= 0.6 is 0 Å². The van der Waals surface area contributed by atoms with E-state index < -0.39 is 0 Å². The Kier molecular flexibility index (Phi) is 2.49. The van der Waals surface area contributed by atoms with Crippen LogP contribution in [0.5, 0.6) is 0 Å². The summed E-state index contributed by atoms with van der Waals surface area (Å²) >= 11 is 0. The van der Waals surface area contributed by atoms with Crippen molar-refractivity contribution in [2.75, 3.05) is 0 Å². The van der Waals surface area contributed by atoms with Gasteiger partial charge in [0, 0.05) is 5.39 Å². The summed E-state index contributed by atoms with van der Waals surface area (Å²) in [6.45, 7) is 0.205. The van der Waals surface area contributed by atoms with E-state index in [2.05, 4.69) is 30.2 Å². The Labute approximate surface area is 101 Å². The van der Waals surface area contributed by atoms with Gasteiger partial charge in [-0.3, -0.25) is 9.89 Å². The molecule has 1 amide bonds. The number of aromatic amines is 1. The molecule has 2 N–H and O–H groups in total. The third-order valence-electron chi connectivity index (χ3n) is 2.50. The number of nitrogens with zero attached hydrogens (tertiary/aromatic N) is 3. The highest BCUT2D eigenvalue weighted by molar-refractivity contribution is 6.04. The highest BCUT2D eigenvalue weighted by Gasteiger charge is 2.13. The van der Waals surface area contributed by atoms with Crippen LogP contribution in [0.25, 0.3) is 10.9 Å². The average molecular weight is 243 g/mol. The molecule has 0 atom stereocenters. The summed E-state index contributed by atoms with van der Waals surface area (Å²) in [5.74, 6) is 0.139. The normalized spacial score (nSPS) is 10.7. The molecule has 0 bridgehead atoms. The van der Waals surface area contributed by atoms with Crippen LogP contribution in [0.2, 0.25) is 0 Å². The minimum atomic E-state index is -0.280. The molecule has 1 aromatic carbocycles. The number of hydrogen-bond donors (Lipinski definition) is 2. The fourth-order valence-electron chi connectivity index (χ4n) is 1.65. The molecule has 3 aromatic rings. The van der Waals surface area contributed by atoms with Crippen LogP contribution in [0.1, 0.15) is 16.3 Å². The second-order valence-corrected chi connectivity index (χ2v) is 3.65. The van der Waals surface area contributed by atoms with Gasteiger partial charge in [0.15, 0.2) is 11.5 Å². The third-order valence-corrected chi connectivity index (χ3v) is 2.50. The van der Waals surface area contributed by atoms with Gasteiger partial charge in [0.1, 0.15) is 0 Å². The van der Waals surface area contributed by atoms with Gasteiger partial charge in [-0.25, -0.2) is 0 Å². The van der Waals surface area contributed by atoms with Crippen molar-refractivity contribution in [3.63, 3.8) is 0 Å². The van der Waals surface area contributed by atoms with Gasteiger partial charge in [-0.1, -0.05) is 23.4 Å². The second kappa shape index (κ2) is 4.28. The van der Waals surface area contributed by atoms with Crippen LogP contribution in [0, 0.1) is 0 Å². The highest BCUT2D eigenvalue weighted by Crippen LogP contribution is 2.14. The van der Waals surface area contributed by atoms with Gasteiger partial charge in [-0.15, -0.1) is 0 Å². The van der Waals surface area contributed by atoms with Crippen molar-refractivity contribution in [3.05, 3.63) is 42.2 Å². The minimum absolute atomic E-state index is 0.205. The summed E-state index contributed by atoms with van der Waals surface area (Å²) in [4.78, 5) is 15.7. The molecular weight excluding hydrogens is 234 g/mol. The molecule has 0 fully saturated rings. The van der Waals surface area contributed by atoms with Crippen molar-refractivity contribution in [1.29, 1.82) is 0 Å². The summed E-state index contributed by atoms with van der Waals surface area (Å²) in [6.07, 6.45) is 1.21. The smallest absolute Gasteiger partial charge is 0.272 e. The first-order valence-electron chi connectivity index (χ1n) is 5.31. The molecule has 90 valence electrons. The minimum Gasteiger partial charge on any atom is -0.343 e. The lowest BCUT2D eigenvalue weighted by molar-refractivity contribution is 0.0946. The molecule has 0 radical (unpaired) electrons. The molecule has 7 nitrogen and oxygen atoms in total. The first kappa shape index (κ1) is 10.5. The number of hydrogen-bond acceptors (Lipinski definition) is 5. The number of fused-ring (bicyclic) bond motifs is 1. The highest BCUT2D eigenvalue weighted by atomic mass is 16.5. The van der Waals surface area contributed by atoms with Crippen molar-refractivity contribution in [2.45, 2.75) is 6.54 Å². The zero-order valence-corrected chi connectivity index (χ0v) is 9.25. The molecule has 0 aliphatic carbocycles. The van der Waals surface area contributed by atoms with Gasteiger partial charge in [0.25, 0.3) is 5.91 Å². The van der Waals surface area contributed by atoms with E-state index in [1.165, 1.54) is 6.39 Å².